The van der Waals surface area contributed by atoms with E-state index in [9.17, 15) is 13.2 Å². The first kappa shape index (κ1) is 13.3. The van der Waals surface area contributed by atoms with Gasteiger partial charge in [0, 0.05) is 30.1 Å². The lowest BCUT2D eigenvalue weighted by Gasteiger charge is -2.15. The highest BCUT2D eigenvalue weighted by atomic mass is 19.1. The number of hydrogen-bond donors (Lipinski definition) is 1. The summed E-state index contributed by atoms with van der Waals surface area (Å²) in [5, 5.41) is 0. The van der Waals surface area contributed by atoms with E-state index in [-0.39, 0.29) is 11.6 Å². The van der Waals surface area contributed by atoms with Gasteiger partial charge in [-0.1, -0.05) is 0 Å². The number of nitrogens with two attached hydrogens (primary N) is 1. The molecular weight excluding hydrogens is 259 g/mol. The maximum Gasteiger partial charge on any atom is 0.237 e. The average Bonchev–Trinajstić information content (AvgIpc) is 2.37. The molecule has 0 radical (unpaired) electrons. The minimum atomic E-state index is -1.25. The molecule has 2 aromatic rings. The third-order valence-electron chi connectivity index (χ3n) is 2.53. The standard InChI is InChI=1S/C12H10F3N3O/c1-19-12-11(17-2-3-18-12)10(16)9-7(14)4-6(13)5-8(9)15/h2-5,10H,16H2,1H3. The van der Waals surface area contributed by atoms with Crippen LogP contribution in [0.5, 0.6) is 5.88 Å². The van der Waals surface area contributed by atoms with E-state index in [0.717, 1.165) is 0 Å². The van der Waals surface area contributed by atoms with Crippen molar-refractivity contribution in [2.24, 2.45) is 5.73 Å². The molecule has 0 fully saturated rings. The van der Waals surface area contributed by atoms with Crippen molar-refractivity contribution >= 4 is 0 Å². The van der Waals surface area contributed by atoms with Crippen LogP contribution in [0.25, 0.3) is 0 Å². The van der Waals surface area contributed by atoms with Crippen LogP contribution in [0.2, 0.25) is 0 Å². The van der Waals surface area contributed by atoms with Gasteiger partial charge in [-0.15, -0.1) is 0 Å². The SMILES string of the molecule is COc1nccnc1C(N)c1c(F)cc(F)cc1F. The average molecular weight is 269 g/mol. The van der Waals surface area contributed by atoms with Crippen LogP contribution in [0.4, 0.5) is 13.2 Å². The fourth-order valence-electron chi connectivity index (χ4n) is 1.69. The maximum atomic E-state index is 13.6. The molecule has 19 heavy (non-hydrogen) atoms. The third-order valence-corrected chi connectivity index (χ3v) is 2.53. The van der Waals surface area contributed by atoms with Crippen molar-refractivity contribution in [3.05, 3.63) is 53.2 Å². The van der Waals surface area contributed by atoms with Crippen molar-refractivity contribution in [2.75, 3.05) is 7.11 Å². The van der Waals surface area contributed by atoms with Crippen LogP contribution in [0.3, 0.4) is 0 Å². The Morgan fingerprint density at radius 1 is 1.11 bits per heavy atom. The first-order valence-corrected chi connectivity index (χ1v) is 5.29. The summed E-state index contributed by atoms with van der Waals surface area (Å²) in [5.74, 6) is -3.13. The van der Waals surface area contributed by atoms with Crippen LogP contribution in [0, 0.1) is 17.5 Å². The fraction of sp³-hybridized carbons (Fsp3) is 0.167. The van der Waals surface area contributed by atoms with Crippen molar-refractivity contribution in [1.82, 2.24) is 9.97 Å². The molecule has 1 aromatic heterocycles. The minimum absolute atomic E-state index is 0.0538. The second kappa shape index (κ2) is 5.23. The van der Waals surface area contributed by atoms with Gasteiger partial charge in [-0.2, -0.15) is 0 Å². The Bertz CT molecular complexity index is 584. The predicted molar refractivity (Wildman–Crippen MR) is 60.9 cm³/mol. The van der Waals surface area contributed by atoms with Crippen molar-refractivity contribution < 1.29 is 17.9 Å². The number of hydrogen-bond acceptors (Lipinski definition) is 4. The molecule has 0 aliphatic heterocycles. The summed E-state index contributed by atoms with van der Waals surface area (Å²) in [7, 11) is 1.33. The van der Waals surface area contributed by atoms with E-state index in [1.807, 2.05) is 0 Å². The van der Waals surface area contributed by atoms with E-state index >= 15 is 0 Å². The van der Waals surface area contributed by atoms with Crippen LogP contribution in [-0.4, -0.2) is 17.1 Å². The lowest BCUT2D eigenvalue weighted by molar-refractivity contribution is 0.385. The van der Waals surface area contributed by atoms with Gasteiger partial charge in [-0.3, -0.25) is 4.98 Å². The minimum Gasteiger partial charge on any atom is -0.480 e. The Kier molecular flexibility index (Phi) is 3.66. The van der Waals surface area contributed by atoms with Gasteiger partial charge < -0.3 is 10.5 Å². The van der Waals surface area contributed by atoms with E-state index in [4.69, 9.17) is 10.5 Å². The summed E-state index contributed by atoms with van der Waals surface area (Å²) < 4.78 is 45.0. The molecule has 0 aliphatic rings. The predicted octanol–water partition coefficient (Wildman–Crippen LogP) is 1.95. The molecule has 7 heteroatoms. The zero-order valence-corrected chi connectivity index (χ0v) is 9.90. The van der Waals surface area contributed by atoms with Crippen molar-refractivity contribution in [2.45, 2.75) is 6.04 Å². The van der Waals surface area contributed by atoms with Crippen LogP contribution in [-0.2, 0) is 0 Å². The highest BCUT2D eigenvalue weighted by Gasteiger charge is 2.24. The van der Waals surface area contributed by atoms with E-state index in [2.05, 4.69) is 9.97 Å². The topological polar surface area (TPSA) is 61.0 Å². The van der Waals surface area contributed by atoms with Crippen LogP contribution in [0.1, 0.15) is 17.3 Å². The van der Waals surface area contributed by atoms with Gasteiger partial charge in [0.05, 0.1) is 13.2 Å². The maximum absolute atomic E-state index is 13.6. The summed E-state index contributed by atoms with van der Waals surface area (Å²) in [6.45, 7) is 0. The second-order valence-corrected chi connectivity index (χ2v) is 3.71. The number of rotatable bonds is 3. The van der Waals surface area contributed by atoms with Crippen molar-refractivity contribution in [1.29, 1.82) is 0 Å². The molecule has 0 spiro atoms. The zero-order valence-electron chi connectivity index (χ0n) is 9.90. The van der Waals surface area contributed by atoms with E-state index < -0.39 is 29.1 Å². The molecule has 2 rings (SSSR count). The first-order valence-electron chi connectivity index (χ1n) is 5.29. The number of halogens is 3. The van der Waals surface area contributed by atoms with Crippen molar-refractivity contribution in [3.63, 3.8) is 0 Å². The molecule has 0 amide bonds. The smallest absolute Gasteiger partial charge is 0.237 e. The van der Waals surface area contributed by atoms with E-state index in [0.29, 0.717) is 12.1 Å². The molecule has 2 N–H and O–H groups in total. The number of methoxy groups -OCH3 is 1. The number of benzene rings is 1. The molecule has 0 aliphatic carbocycles. The Balaban J connectivity index is 2.53. The zero-order chi connectivity index (χ0) is 14.0. The highest BCUT2D eigenvalue weighted by Crippen LogP contribution is 2.28. The molecular formula is C12H10F3N3O. The number of ether oxygens (including phenoxy) is 1. The molecule has 1 heterocycles. The Morgan fingerprint density at radius 2 is 1.68 bits per heavy atom. The Labute approximate surface area is 107 Å². The molecule has 1 aromatic carbocycles. The lowest BCUT2D eigenvalue weighted by atomic mass is 10.0. The summed E-state index contributed by atoms with van der Waals surface area (Å²) in [6, 6.07) is -0.133. The van der Waals surface area contributed by atoms with Gasteiger partial charge in [-0.05, 0) is 0 Å². The summed E-state index contributed by atoms with van der Waals surface area (Å²) >= 11 is 0. The van der Waals surface area contributed by atoms with Crippen LogP contribution < -0.4 is 10.5 Å². The highest BCUT2D eigenvalue weighted by molar-refractivity contribution is 5.34. The molecule has 0 bridgehead atoms. The van der Waals surface area contributed by atoms with Gasteiger partial charge in [0.1, 0.15) is 23.1 Å². The summed E-state index contributed by atoms with van der Waals surface area (Å²) in [5.41, 5.74) is 5.34. The third kappa shape index (κ3) is 2.50. The molecule has 0 saturated carbocycles. The Hall–Kier alpha value is -2.15. The lowest BCUT2D eigenvalue weighted by Crippen LogP contribution is -2.18. The van der Waals surface area contributed by atoms with Crippen LogP contribution in [0.15, 0.2) is 24.5 Å². The quantitative estimate of drug-likeness (QED) is 0.925. The molecule has 4 nitrogen and oxygen atoms in total. The summed E-state index contributed by atoms with van der Waals surface area (Å²) in [6.07, 6.45) is 2.67. The largest absolute Gasteiger partial charge is 0.480 e. The monoisotopic (exact) mass is 269 g/mol. The van der Waals surface area contributed by atoms with Gasteiger partial charge in [0.15, 0.2) is 0 Å². The molecule has 1 atom stereocenters. The normalized spacial score (nSPS) is 12.3. The van der Waals surface area contributed by atoms with Crippen molar-refractivity contribution in [3.8, 4) is 5.88 Å². The van der Waals surface area contributed by atoms with Gasteiger partial charge >= 0.3 is 0 Å². The van der Waals surface area contributed by atoms with E-state index in [1.54, 1.807) is 0 Å². The molecule has 1 unspecified atom stereocenters. The molecule has 0 saturated heterocycles. The van der Waals surface area contributed by atoms with Gasteiger partial charge in [0.2, 0.25) is 5.88 Å². The summed E-state index contributed by atoms with van der Waals surface area (Å²) in [4.78, 5) is 7.73. The fourth-order valence-corrected chi connectivity index (χ4v) is 1.69. The first-order chi connectivity index (χ1) is 9.04. The van der Waals surface area contributed by atoms with E-state index in [1.165, 1.54) is 19.5 Å². The Morgan fingerprint density at radius 3 is 2.26 bits per heavy atom. The second-order valence-electron chi connectivity index (χ2n) is 3.71. The van der Waals surface area contributed by atoms with Gasteiger partial charge in [-0.25, -0.2) is 18.2 Å². The number of aromatic nitrogens is 2. The number of nitrogens with zero attached hydrogens (tertiary/aromatic N) is 2. The van der Waals surface area contributed by atoms with Crippen LogP contribution >= 0.6 is 0 Å². The van der Waals surface area contributed by atoms with Gasteiger partial charge in [0.25, 0.3) is 0 Å². The molecule has 100 valence electrons.